The van der Waals surface area contributed by atoms with Crippen LogP contribution < -0.4 is 39.6 Å². The molecule has 0 aliphatic heterocycles. The van der Waals surface area contributed by atoms with Crippen molar-refractivity contribution >= 4 is 86.4 Å². The molecule has 0 atom stereocenters. The molecule has 18 nitrogen and oxygen atoms in total. The van der Waals surface area contributed by atoms with Gasteiger partial charge in [-0.2, -0.15) is 39.5 Å². The van der Waals surface area contributed by atoms with Gasteiger partial charge in [0, 0.05) is 59.3 Å². The summed E-state index contributed by atoms with van der Waals surface area (Å²) >= 11 is 20.8. The third kappa shape index (κ3) is 35.4. The van der Waals surface area contributed by atoms with Gasteiger partial charge in [0.2, 0.25) is 0 Å². The van der Waals surface area contributed by atoms with E-state index in [1.807, 2.05) is 121 Å². The Hall–Kier alpha value is -10.7. The van der Waals surface area contributed by atoms with Gasteiger partial charge in [0.1, 0.15) is 34.5 Å². The fourth-order valence-electron chi connectivity index (χ4n) is 11.1. The van der Waals surface area contributed by atoms with Gasteiger partial charge < -0.3 is 59.3 Å². The molecule has 0 fully saturated rings. The van der Waals surface area contributed by atoms with Gasteiger partial charge in [0.15, 0.2) is 16.8 Å². The smallest absolute Gasteiger partial charge is 0.389 e. The first-order valence-corrected chi connectivity index (χ1v) is 40.9. The minimum Gasteiger partial charge on any atom is -0.507 e. The number of hydrogen-bond donors (Lipinski definition) is 5. The number of esters is 2. The number of carboxylic acids is 1. The summed E-state index contributed by atoms with van der Waals surface area (Å²) in [6, 6.07) is 58.9. The number of ether oxygens (including phenoxy) is 7. The van der Waals surface area contributed by atoms with Crippen molar-refractivity contribution in [2.45, 2.75) is 149 Å². The molecule has 0 radical (unpaired) electrons. The summed E-state index contributed by atoms with van der Waals surface area (Å²) in [5.74, 6) is -1.30. The number of carboxylic acid groups (broad SMARTS) is 1. The quantitative estimate of drug-likeness (QED) is 0.0106. The summed E-state index contributed by atoms with van der Waals surface area (Å²) in [6.45, 7) is 14.5. The van der Waals surface area contributed by atoms with Crippen molar-refractivity contribution in [1.29, 1.82) is 0 Å². The van der Waals surface area contributed by atoms with E-state index in [2.05, 4.69) is 31.9 Å². The van der Waals surface area contributed by atoms with Crippen LogP contribution in [0, 0.1) is 0 Å². The SMILES string of the molecule is CC(C)(Oc1ccc(-c2ccc(CCNC(=O)c3cc(Cl)ccc3OCCCC(F)(F)F)cc2)cc1)C(=O)O.CCOC(=O)C(C)(C)Oc1ccc(-c2ccc(CCNC(=O)c3cc(Cl)ccc3O)cc2)cc1.CCOC(=O)C(C)(C)Oc1ccc(-c2ccc(CCNC(=O)c3cc(Cl)ccc3OCCCC(F)(F)F)cc2)cc1.FC(F)(F)CCCBr. The Kier molecular flexibility index (Phi) is 39.1. The van der Waals surface area contributed by atoms with Gasteiger partial charge in [-0.25, -0.2) is 14.4 Å². The minimum absolute atomic E-state index is 0.105. The maximum Gasteiger partial charge on any atom is 0.389 e. The maximum atomic E-state index is 12.8. The fraction of sp³-hybridized carbons (Fsp3) is 0.341. The highest BCUT2D eigenvalue weighted by Crippen LogP contribution is 2.33. The fourth-order valence-corrected chi connectivity index (χ4v) is 11.9. The summed E-state index contributed by atoms with van der Waals surface area (Å²) in [5.41, 5.74) is 5.90. The number of nitrogens with one attached hydrogen (secondary N) is 3. The molecule has 0 aliphatic carbocycles. The summed E-state index contributed by atoms with van der Waals surface area (Å²) in [5, 5.41) is 28.9. The first-order valence-electron chi connectivity index (χ1n) is 38.6. The normalized spacial score (nSPS) is 11.5. The van der Waals surface area contributed by atoms with Gasteiger partial charge in [0.25, 0.3) is 17.7 Å². The Morgan fingerprint density at radius 3 is 0.926 bits per heavy atom. The van der Waals surface area contributed by atoms with Crippen molar-refractivity contribution in [3.63, 3.8) is 0 Å². The van der Waals surface area contributed by atoms with Crippen LogP contribution >= 0.6 is 50.7 Å². The highest BCUT2D eigenvalue weighted by molar-refractivity contribution is 9.09. The first-order chi connectivity index (χ1) is 57.5. The van der Waals surface area contributed by atoms with E-state index in [0.717, 1.165) is 50.1 Å². The molecule has 0 aromatic heterocycles. The van der Waals surface area contributed by atoms with E-state index in [4.69, 9.17) is 68.0 Å². The average Bonchev–Trinajstić information content (AvgIpc) is 0.848. The molecule has 9 rings (SSSR count). The number of aliphatic carboxylic acids is 1. The largest absolute Gasteiger partial charge is 0.507 e. The number of carbonyl (C=O) groups excluding carboxylic acids is 5. The van der Waals surface area contributed by atoms with Crippen LogP contribution in [0.3, 0.4) is 0 Å². The van der Waals surface area contributed by atoms with Crippen molar-refractivity contribution < 1.29 is 112 Å². The van der Waals surface area contributed by atoms with Crippen LogP contribution in [0.25, 0.3) is 33.4 Å². The van der Waals surface area contributed by atoms with Gasteiger partial charge in [-0.05, 0) is 235 Å². The van der Waals surface area contributed by atoms with E-state index in [9.17, 15) is 78.5 Å². The lowest BCUT2D eigenvalue weighted by molar-refractivity contribution is -0.159. The molecular weight excluding hydrogens is 1730 g/mol. The van der Waals surface area contributed by atoms with E-state index in [0.29, 0.717) is 83.2 Å². The molecule has 31 heteroatoms. The Labute approximate surface area is 726 Å². The van der Waals surface area contributed by atoms with Crippen molar-refractivity contribution in [1.82, 2.24) is 16.0 Å². The zero-order valence-electron chi connectivity index (χ0n) is 68.2. The Bertz CT molecular complexity index is 4850. The van der Waals surface area contributed by atoms with Gasteiger partial charge in [-0.15, -0.1) is 0 Å². The Morgan fingerprint density at radius 1 is 0.377 bits per heavy atom. The summed E-state index contributed by atoms with van der Waals surface area (Å²) in [7, 11) is 0. The number of benzene rings is 9. The monoisotopic (exact) mass is 1830 g/mol. The summed E-state index contributed by atoms with van der Waals surface area (Å²) < 4.78 is 146. The molecule has 656 valence electrons. The number of hydrogen-bond acceptors (Lipinski definition) is 14. The van der Waals surface area contributed by atoms with E-state index < -0.39 is 84.3 Å². The predicted octanol–water partition coefficient (Wildman–Crippen LogP) is 22.5. The molecule has 0 spiro atoms. The van der Waals surface area contributed by atoms with Crippen LogP contribution in [0.2, 0.25) is 15.1 Å². The van der Waals surface area contributed by atoms with Crippen LogP contribution in [0.15, 0.2) is 200 Å². The molecule has 0 heterocycles. The number of phenolic OH excluding ortho intramolecular Hbond substituents is 1. The molecule has 3 amide bonds. The number of aromatic hydroxyl groups is 1. The van der Waals surface area contributed by atoms with E-state index in [1.54, 1.807) is 65.8 Å². The number of amides is 3. The predicted molar refractivity (Wildman–Crippen MR) is 455 cm³/mol. The second-order valence-electron chi connectivity index (χ2n) is 28.7. The van der Waals surface area contributed by atoms with Crippen molar-refractivity contribution in [3.05, 3.63) is 249 Å². The Morgan fingerprint density at radius 2 is 0.648 bits per heavy atom. The minimum atomic E-state index is -4.26. The average molecular weight is 1830 g/mol. The molecule has 0 saturated heterocycles. The van der Waals surface area contributed by atoms with Crippen LogP contribution in [0.5, 0.6) is 34.5 Å². The van der Waals surface area contributed by atoms with Crippen molar-refractivity contribution in [2.24, 2.45) is 0 Å². The number of phenols is 1. The highest BCUT2D eigenvalue weighted by atomic mass is 79.9. The lowest BCUT2D eigenvalue weighted by Crippen LogP contribution is -2.39. The summed E-state index contributed by atoms with van der Waals surface area (Å²) in [6.07, 6.45) is -13.6. The number of halogens is 13. The van der Waals surface area contributed by atoms with Crippen molar-refractivity contribution in [2.75, 3.05) is 51.4 Å². The molecule has 5 N–H and O–H groups in total. The second-order valence-corrected chi connectivity index (χ2v) is 30.9. The lowest BCUT2D eigenvalue weighted by Gasteiger charge is -2.24. The third-order valence-electron chi connectivity index (χ3n) is 17.6. The van der Waals surface area contributed by atoms with Gasteiger partial charge >= 0.3 is 36.4 Å². The Balaban J connectivity index is 0.000000271. The van der Waals surface area contributed by atoms with Crippen LogP contribution in [-0.4, -0.2) is 133 Å². The topological polar surface area (TPSA) is 244 Å². The number of rotatable bonds is 36. The maximum absolute atomic E-state index is 12.8. The molecule has 0 aliphatic rings. The van der Waals surface area contributed by atoms with Crippen molar-refractivity contribution in [3.8, 4) is 67.9 Å². The second kappa shape index (κ2) is 47.7. The molecule has 0 unspecified atom stereocenters. The van der Waals surface area contributed by atoms with Crippen LogP contribution in [0.4, 0.5) is 39.5 Å². The molecule has 9 aromatic carbocycles. The van der Waals surface area contributed by atoms with Crippen LogP contribution in [-0.2, 0) is 43.1 Å². The number of alkyl halides is 10. The standard InChI is InChI=1S/C31H33ClF3NO5.C29H29ClF3NO5.C27H28ClNO5.C4H6BrF3/c1-4-39-29(38)30(2,3)41-25-13-10-23(11-14-25)22-8-6-21(7-9-22)16-18-36-28(37)26-20-24(32)12-15-27(26)40-19-5-17-31(33,34)35;1-28(2,27(36)37)39-23-11-8-21(9-12-23)20-6-4-19(5-7-20)14-16-34-26(35)24-18-22(30)10-13-25(24)38-17-3-15-29(31,32)33;1-4-33-26(32)27(2,3)34-22-12-9-20(10-13-22)19-7-5-18(6-8-19)15-16-29-25(31)23-17-21(28)11-14-24(23)30;5-3-1-2-4(6,7)8/h6-15,20H,4-5,16-19H2,1-3H3,(H,36,37);4-13,18H,3,14-17H2,1-2H3,(H,34,35)(H,36,37);5-14,17,30H,4,15-16H2,1-3H3,(H,29,31);1-3H2. The molecule has 0 saturated carbocycles. The summed E-state index contributed by atoms with van der Waals surface area (Å²) in [4.78, 5) is 73.1. The zero-order valence-corrected chi connectivity index (χ0v) is 72.0. The van der Waals surface area contributed by atoms with Gasteiger partial charge in [-0.1, -0.05) is 160 Å². The molecule has 122 heavy (non-hydrogen) atoms. The van der Waals surface area contributed by atoms with Crippen LogP contribution in [0.1, 0.15) is 142 Å². The lowest BCUT2D eigenvalue weighted by atomic mass is 10.0. The number of carbonyl (C=O) groups is 6. The van der Waals surface area contributed by atoms with Gasteiger partial charge in [-0.3, -0.25) is 14.4 Å². The molecular formula is C91H96BrCl3F9N3O15. The molecule has 0 bridgehead atoms. The van der Waals surface area contributed by atoms with Gasteiger partial charge in [0.05, 0.1) is 43.1 Å². The van der Waals surface area contributed by atoms with E-state index in [-0.39, 0.29) is 78.9 Å². The van der Waals surface area contributed by atoms with E-state index >= 15 is 0 Å². The van der Waals surface area contributed by atoms with E-state index in [1.165, 1.54) is 68.4 Å². The molecule has 9 aromatic rings. The zero-order chi connectivity index (χ0) is 90.0. The first kappa shape index (κ1) is 100. The highest BCUT2D eigenvalue weighted by Gasteiger charge is 2.34. The third-order valence-corrected chi connectivity index (χ3v) is 18.9.